The van der Waals surface area contributed by atoms with Crippen LogP contribution in [0.15, 0.2) is 18.3 Å². The zero-order chi connectivity index (χ0) is 26.4. The van der Waals surface area contributed by atoms with Gasteiger partial charge in [-0.2, -0.15) is 4.31 Å². The number of pyridine rings is 1. The molecule has 3 rings (SSSR count). The van der Waals surface area contributed by atoms with Crippen LogP contribution >= 0.6 is 7.81 Å². The molecule has 198 valence electrons. The first-order valence-corrected chi connectivity index (χ1v) is 13.3. The Bertz CT molecular complexity index is 1090. The standard InChI is InChI=1S/C10H15N6O.C5H12N2O2S.F6P/c1-14(2)10(15(3)4)17-16-9-8(12-13-16)6-5-7-11-9;1-10(8,9)7-4-2-6-3-5-7;1-7(2,3,4,5)6/h5-7H,1-4H3;6H,2-5H2,1H3;/q+1;;-1. The van der Waals surface area contributed by atoms with E-state index >= 15 is 0 Å². The fourth-order valence-electron chi connectivity index (χ4n) is 2.42. The first-order chi connectivity index (χ1) is 15.1. The van der Waals surface area contributed by atoms with Crippen LogP contribution in [0.5, 0.6) is 0 Å². The van der Waals surface area contributed by atoms with E-state index in [1.807, 2.05) is 49.8 Å². The van der Waals surface area contributed by atoms with Gasteiger partial charge in [-0.05, 0) is 22.2 Å². The van der Waals surface area contributed by atoms with Crippen molar-refractivity contribution < 1.29 is 43.0 Å². The Kier molecular flexibility index (Phi) is 8.86. The Balaban J connectivity index is 0.000000289. The SMILES string of the molecule is CN(C)C(On1nnc2cccnc21)=[N+](C)C.CS(=O)(=O)N1CCNCC1.F[P-](F)(F)(F)(F)F. The van der Waals surface area contributed by atoms with Crippen molar-refractivity contribution in [3.8, 4) is 0 Å². The normalized spacial score (nSPS) is 16.7. The van der Waals surface area contributed by atoms with E-state index in [9.17, 15) is 33.6 Å². The minimum absolute atomic E-state index is 0.591. The molecule has 0 saturated carbocycles. The number of fused-ring (bicyclic) bond motifs is 1. The van der Waals surface area contributed by atoms with Crippen LogP contribution in [0.25, 0.3) is 11.2 Å². The summed E-state index contributed by atoms with van der Waals surface area (Å²) in [5, 5.41) is 11.0. The van der Waals surface area contributed by atoms with E-state index in [2.05, 4.69) is 20.6 Å². The molecule has 2 aromatic heterocycles. The predicted octanol–water partition coefficient (Wildman–Crippen LogP) is 1.68. The Hall–Kier alpha value is -2.30. The molecule has 19 heteroatoms. The van der Waals surface area contributed by atoms with E-state index in [0.717, 1.165) is 13.1 Å². The third-order valence-corrected chi connectivity index (χ3v) is 4.96. The Morgan fingerprint density at radius 3 is 2.09 bits per heavy atom. The summed E-state index contributed by atoms with van der Waals surface area (Å²) in [6, 6.07) is 4.28. The average molecular weight is 544 g/mol. The van der Waals surface area contributed by atoms with Gasteiger partial charge in [0.2, 0.25) is 15.7 Å². The van der Waals surface area contributed by atoms with Crippen molar-refractivity contribution >= 4 is 35.0 Å². The van der Waals surface area contributed by atoms with E-state index in [1.165, 1.54) is 15.4 Å². The van der Waals surface area contributed by atoms with Crippen LogP contribution in [-0.4, -0.2) is 109 Å². The summed E-state index contributed by atoms with van der Waals surface area (Å²) in [5.41, 5.74) is 1.29. The summed E-state index contributed by atoms with van der Waals surface area (Å²) in [6.45, 7) is 2.76. The molecule has 0 radical (unpaired) electrons. The average Bonchev–Trinajstić information content (AvgIpc) is 3.07. The van der Waals surface area contributed by atoms with Crippen LogP contribution in [0.4, 0.5) is 25.2 Å². The van der Waals surface area contributed by atoms with Crippen molar-refractivity contribution in [1.29, 1.82) is 0 Å². The topological polar surface area (TPSA) is 108 Å². The Morgan fingerprint density at radius 2 is 1.68 bits per heavy atom. The van der Waals surface area contributed by atoms with E-state index in [1.54, 1.807) is 6.20 Å². The zero-order valence-corrected chi connectivity index (χ0v) is 20.7. The van der Waals surface area contributed by atoms with Gasteiger partial charge in [-0.15, -0.1) is 5.10 Å². The fraction of sp³-hybridized carbons (Fsp3) is 0.600. The number of rotatable bonds is 2. The van der Waals surface area contributed by atoms with Crippen molar-refractivity contribution in [3.63, 3.8) is 0 Å². The monoisotopic (exact) mass is 544 g/mol. The third-order valence-electron chi connectivity index (χ3n) is 3.66. The van der Waals surface area contributed by atoms with Gasteiger partial charge in [0.25, 0.3) is 0 Å². The molecule has 0 unspecified atom stereocenters. The maximum absolute atomic E-state index is 10.9. The van der Waals surface area contributed by atoms with Crippen molar-refractivity contribution in [2.75, 3.05) is 60.6 Å². The summed E-state index contributed by atoms with van der Waals surface area (Å²) in [4.78, 5) is 13.0. The summed E-state index contributed by atoms with van der Waals surface area (Å²) >= 11 is 0. The fourth-order valence-corrected chi connectivity index (χ4v) is 3.27. The van der Waals surface area contributed by atoms with Crippen molar-refractivity contribution in [2.45, 2.75) is 0 Å². The third kappa shape index (κ3) is 12.8. The van der Waals surface area contributed by atoms with Crippen molar-refractivity contribution in [3.05, 3.63) is 18.3 Å². The summed E-state index contributed by atoms with van der Waals surface area (Å²) < 4.78 is 84.3. The number of hydrogen-bond donors (Lipinski definition) is 1. The van der Waals surface area contributed by atoms with Gasteiger partial charge in [0.1, 0.15) is 5.52 Å². The van der Waals surface area contributed by atoms with Crippen LogP contribution in [0.1, 0.15) is 0 Å². The summed E-state index contributed by atoms with van der Waals surface area (Å²) in [7, 11) is -6.03. The van der Waals surface area contributed by atoms with Gasteiger partial charge in [0.15, 0.2) is 0 Å². The molecule has 11 nitrogen and oxygen atoms in total. The number of aromatic nitrogens is 4. The molecule has 0 spiro atoms. The molecule has 1 aliphatic rings. The molecular formula is C15H27F6N8O3PS. The number of nitrogens with one attached hydrogen (secondary N) is 1. The molecule has 0 amide bonds. The van der Waals surface area contributed by atoms with Gasteiger partial charge in [-0.3, -0.25) is 4.84 Å². The van der Waals surface area contributed by atoms with Gasteiger partial charge >= 0.3 is 39.0 Å². The number of hydrogen-bond acceptors (Lipinski definition) is 7. The van der Waals surface area contributed by atoms with Crippen LogP contribution in [-0.2, 0) is 10.0 Å². The Morgan fingerprint density at radius 1 is 1.15 bits per heavy atom. The molecule has 3 heterocycles. The van der Waals surface area contributed by atoms with E-state index in [-0.39, 0.29) is 0 Å². The maximum atomic E-state index is 10.9. The molecule has 2 aromatic rings. The second-order valence-electron chi connectivity index (χ2n) is 7.34. The van der Waals surface area contributed by atoms with Crippen LogP contribution in [0.3, 0.4) is 0 Å². The molecule has 1 aliphatic heterocycles. The first-order valence-electron chi connectivity index (χ1n) is 9.44. The zero-order valence-electron chi connectivity index (χ0n) is 19.0. The van der Waals surface area contributed by atoms with E-state index < -0.39 is 17.8 Å². The molecule has 1 saturated heterocycles. The van der Waals surface area contributed by atoms with Gasteiger partial charge in [-0.1, -0.05) is 0 Å². The molecule has 1 N–H and O–H groups in total. The summed E-state index contributed by atoms with van der Waals surface area (Å²) in [6.07, 6.45) is 2.93. The predicted molar refractivity (Wildman–Crippen MR) is 116 cm³/mol. The van der Waals surface area contributed by atoms with E-state index in [4.69, 9.17) is 4.84 Å². The number of sulfonamides is 1. The van der Waals surface area contributed by atoms with Gasteiger partial charge < -0.3 is 5.32 Å². The molecule has 0 aliphatic carbocycles. The number of piperazine rings is 1. The summed E-state index contributed by atoms with van der Waals surface area (Å²) in [5.74, 6) is 0. The van der Waals surface area contributed by atoms with Gasteiger partial charge in [0.05, 0.1) is 34.4 Å². The molecule has 0 aromatic carbocycles. The minimum atomic E-state index is -10.7. The Labute approximate surface area is 192 Å². The first kappa shape index (κ1) is 29.7. The second-order valence-corrected chi connectivity index (χ2v) is 11.2. The second kappa shape index (κ2) is 10.1. The van der Waals surface area contributed by atoms with Crippen LogP contribution in [0, 0.1) is 0 Å². The quantitative estimate of drug-likeness (QED) is 0.200. The molecular weight excluding hydrogens is 517 g/mol. The molecule has 0 atom stereocenters. The number of amidine groups is 1. The van der Waals surface area contributed by atoms with Crippen molar-refractivity contribution in [1.82, 2.24) is 34.7 Å². The van der Waals surface area contributed by atoms with Gasteiger partial charge in [0, 0.05) is 32.4 Å². The van der Waals surface area contributed by atoms with Gasteiger partial charge in [-0.25, -0.2) is 22.9 Å². The van der Waals surface area contributed by atoms with E-state index in [0.29, 0.717) is 30.3 Å². The van der Waals surface area contributed by atoms with Crippen molar-refractivity contribution in [2.24, 2.45) is 0 Å². The van der Waals surface area contributed by atoms with Crippen LogP contribution < -0.4 is 10.2 Å². The molecule has 34 heavy (non-hydrogen) atoms. The molecule has 1 fully saturated rings. The number of halogens is 6. The van der Waals surface area contributed by atoms with Crippen LogP contribution in [0.2, 0.25) is 0 Å². The molecule has 0 bridgehead atoms. The number of nitrogens with zero attached hydrogens (tertiary/aromatic N) is 7.